The molecule has 0 aromatic carbocycles. The van der Waals surface area contributed by atoms with Gasteiger partial charge in [-0.1, -0.05) is 249 Å². The third kappa shape index (κ3) is 57.5. The van der Waals surface area contributed by atoms with Crippen LogP contribution < -0.4 is 4.89 Å². The first-order chi connectivity index (χ1) is 35.0. The van der Waals surface area contributed by atoms with E-state index in [0.717, 1.165) is 51.4 Å². The molecule has 0 aromatic heterocycles. The molecule has 72 heavy (non-hydrogen) atoms. The van der Waals surface area contributed by atoms with Crippen molar-refractivity contribution >= 4 is 19.8 Å². The molecule has 0 radical (unpaired) electrons. The molecule has 424 valence electrons. The van der Waals surface area contributed by atoms with Crippen molar-refractivity contribution in [3.63, 3.8) is 0 Å². The zero-order valence-electron chi connectivity index (χ0n) is 48.1. The van der Waals surface area contributed by atoms with Crippen molar-refractivity contribution in [2.45, 2.75) is 302 Å². The van der Waals surface area contributed by atoms with Crippen LogP contribution in [0.25, 0.3) is 0 Å². The van der Waals surface area contributed by atoms with E-state index in [-0.39, 0.29) is 32.0 Å². The Kier molecular flexibility index (Phi) is 52.7. The minimum Gasteiger partial charge on any atom is -0.756 e. The Morgan fingerprint density at radius 2 is 0.750 bits per heavy atom. The average Bonchev–Trinajstić information content (AvgIpc) is 3.34. The van der Waals surface area contributed by atoms with Crippen molar-refractivity contribution in [1.82, 2.24) is 0 Å². The molecular formula is C62H118NO8P. The Hall–Kier alpha value is -1.77. The van der Waals surface area contributed by atoms with E-state index in [9.17, 15) is 19.0 Å². The maximum atomic E-state index is 12.8. The molecular weight excluding hydrogens is 918 g/mol. The summed E-state index contributed by atoms with van der Waals surface area (Å²) in [4.78, 5) is 37.9. The van der Waals surface area contributed by atoms with E-state index in [1.54, 1.807) is 0 Å². The van der Waals surface area contributed by atoms with Crippen molar-refractivity contribution in [2.75, 3.05) is 47.5 Å². The van der Waals surface area contributed by atoms with Crippen LogP contribution in [-0.4, -0.2) is 70.0 Å². The summed E-state index contributed by atoms with van der Waals surface area (Å²) in [5.74, 6) is -0.825. The lowest BCUT2D eigenvalue weighted by atomic mass is 10.0. The first-order valence-electron chi connectivity index (χ1n) is 30.7. The third-order valence-corrected chi connectivity index (χ3v) is 14.6. The molecule has 10 heteroatoms. The lowest BCUT2D eigenvalue weighted by Gasteiger charge is -2.28. The van der Waals surface area contributed by atoms with Crippen LogP contribution in [0.1, 0.15) is 296 Å². The van der Waals surface area contributed by atoms with Crippen molar-refractivity contribution < 1.29 is 42.1 Å². The Labute approximate surface area is 446 Å². The van der Waals surface area contributed by atoms with Gasteiger partial charge in [-0.2, -0.15) is 0 Å². The van der Waals surface area contributed by atoms with E-state index in [2.05, 4.69) is 50.3 Å². The van der Waals surface area contributed by atoms with E-state index in [0.29, 0.717) is 17.4 Å². The number of phosphoric acid groups is 1. The predicted molar refractivity (Wildman–Crippen MR) is 305 cm³/mol. The van der Waals surface area contributed by atoms with Gasteiger partial charge in [-0.05, 0) is 70.6 Å². The molecule has 0 bridgehead atoms. The van der Waals surface area contributed by atoms with Crippen molar-refractivity contribution in [3.05, 3.63) is 36.5 Å². The molecule has 0 amide bonds. The number of carbonyl (C=O) groups excluding carboxylic acids is 2. The number of ether oxygens (including phenoxy) is 2. The first-order valence-corrected chi connectivity index (χ1v) is 32.2. The summed E-state index contributed by atoms with van der Waals surface area (Å²) in [5.41, 5.74) is 0. The number of hydrogen-bond acceptors (Lipinski definition) is 8. The second-order valence-electron chi connectivity index (χ2n) is 22.1. The second kappa shape index (κ2) is 54.0. The third-order valence-electron chi connectivity index (χ3n) is 13.6. The highest BCUT2D eigenvalue weighted by Crippen LogP contribution is 2.38. The number of nitrogens with zero attached hydrogens (tertiary/aromatic N) is 1. The molecule has 0 saturated heterocycles. The number of rotatable bonds is 57. The predicted octanol–water partition coefficient (Wildman–Crippen LogP) is 18.5. The number of likely N-dealkylation sites (N-methyl/N-ethyl adjacent to an activating group) is 1. The standard InChI is InChI=1S/C62H118NO8P/c1-6-8-10-12-14-16-18-20-22-24-25-26-27-28-29-30-31-32-33-34-35-36-37-39-41-43-45-47-49-51-53-55-62(65)71-60(59-70-72(66,67)69-57-56-63(3,4)5)58-68-61(64)54-52-50-48-46-44-42-40-38-23-21-19-17-15-13-11-9-7-2/h18,20-21,23-25,60H,6-17,19,22,26-59H2,1-5H3/b20-18-,23-21-,25-24-. The Morgan fingerprint density at radius 1 is 0.431 bits per heavy atom. The number of esters is 2. The van der Waals surface area contributed by atoms with E-state index < -0.39 is 26.5 Å². The van der Waals surface area contributed by atoms with Gasteiger partial charge in [0.15, 0.2) is 6.10 Å². The number of unbranched alkanes of at least 4 members (excludes halogenated alkanes) is 37. The number of carbonyl (C=O) groups is 2. The quantitative estimate of drug-likeness (QED) is 0.0195. The molecule has 0 aliphatic rings. The zero-order valence-corrected chi connectivity index (χ0v) is 49.0. The van der Waals surface area contributed by atoms with Crippen LogP contribution in [0, 0.1) is 0 Å². The number of hydrogen-bond donors (Lipinski definition) is 0. The van der Waals surface area contributed by atoms with Crippen LogP contribution in [0.5, 0.6) is 0 Å². The van der Waals surface area contributed by atoms with Gasteiger partial charge in [0.05, 0.1) is 27.7 Å². The largest absolute Gasteiger partial charge is 0.756 e. The molecule has 2 unspecified atom stereocenters. The number of phosphoric ester groups is 1. The fraction of sp³-hybridized carbons (Fsp3) is 0.871. The topological polar surface area (TPSA) is 111 Å². The summed E-state index contributed by atoms with van der Waals surface area (Å²) < 4.78 is 34.2. The summed E-state index contributed by atoms with van der Waals surface area (Å²) in [5, 5.41) is 0. The molecule has 9 nitrogen and oxygen atoms in total. The maximum Gasteiger partial charge on any atom is 0.306 e. The summed E-state index contributed by atoms with van der Waals surface area (Å²) in [6.07, 6.45) is 66.3. The van der Waals surface area contributed by atoms with Gasteiger partial charge in [-0.15, -0.1) is 0 Å². The number of quaternary nitrogens is 1. The zero-order chi connectivity index (χ0) is 52.7. The summed E-state index contributed by atoms with van der Waals surface area (Å²) in [6.45, 7) is 4.26. The van der Waals surface area contributed by atoms with Crippen molar-refractivity contribution in [2.24, 2.45) is 0 Å². The van der Waals surface area contributed by atoms with Crippen molar-refractivity contribution in [3.8, 4) is 0 Å². The highest BCUT2D eigenvalue weighted by Gasteiger charge is 2.22. The van der Waals surface area contributed by atoms with E-state index in [1.165, 1.54) is 212 Å². The van der Waals surface area contributed by atoms with Crippen LogP contribution in [0.4, 0.5) is 0 Å². The van der Waals surface area contributed by atoms with Crippen LogP contribution in [0.15, 0.2) is 36.5 Å². The monoisotopic (exact) mass is 1040 g/mol. The van der Waals surface area contributed by atoms with Gasteiger partial charge in [-0.25, -0.2) is 0 Å². The van der Waals surface area contributed by atoms with Gasteiger partial charge in [0.25, 0.3) is 7.82 Å². The van der Waals surface area contributed by atoms with E-state index in [1.807, 2.05) is 21.1 Å². The van der Waals surface area contributed by atoms with E-state index in [4.69, 9.17) is 18.5 Å². The van der Waals surface area contributed by atoms with Crippen molar-refractivity contribution in [1.29, 1.82) is 0 Å². The molecule has 0 aromatic rings. The Balaban J connectivity index is 4.04. The molecule has 0 rings (SSSR count). The number of allylic oxidation sites excluding steroid dienone is 6. The van der Waals surface area contributed by atoms with Crippen LogP contribution in [-0.2, 0) is 32.7 Å². The van der Waals surface area contributed by atoms with E-state index >= 15 is 0 Å². The minimum absolute atomic E-state index is 0.0296. The second-order valence-corrected chi connectivity index (χ2v) is 23.5. The van der Waals surface area contributed by atoms with Gasteiger partial charge in [0, 0.05) is 12.8 Å². The van der Waals surface area contributed by atoms with Crippen LogP contribution in [0.2, 0.25) is 0 Å². The lowest BCUT2D eigenvalue weighted by Crippen LogP contribution is -2.37. The fourth-order valence-corrected chi connectivity index (χ4v) is 9.59. The van der Waals surface area contributed by atoms with Gasteiger partial charge in [-0.3, -0.25) is 14.2 Å². The molecule has 0 saturated carbocycles. The molecule has 0 spiro atoms. The summed E-state index contributed by atoms with van der Waals surface area (Å²) in [7, 11) is 1.18. The fourth-order valence-electron chi connectivity index (χ4n) is 8.86. The van der Waals surface area contributed by atoms with Gasteiger partial charge in [0.2, 0.25) is 0 Å². The summed E-state index contributed by atoms with van der Waals surface area (Å²) in [6, 6.07) is 0. The first kappa shape index (κ1) is 70.2. The Bertz CT molecular complexity index is 1310. The van der Waals surface area contributed by atoms with Gasteiger partial charge in [0.1, 0.15) is 19.8 Å². The average molecular weight is 1040 g/mol. The molecule has 0 aliphatic carbocycles. The molecule has 0 fully saturated rings. The van der Waals surface area contributed by atoms with Crippen LogP contribution >= 0.6 is 7.82 Å². The Morgan fingerprint density at radius 3 is 1.11 bits per heavy atom. The molecule has 0 N–H and O–H groups in total. The van der Waals surface area contributed by atoms with Gasteiger partial charge < -0.3 is 27.9 Å². The summed E-state index contributed by atoms with van der Waals surface area (Å²) >= 11 is 0. The normalized spacial score (nSPS) is 13.5. The molecule has 0 heterocycles. The van der Waals surface area contributed by atoms with Crippen LogP contribution in [0.3, 0.4) is 0 Å². The van der Waals surface area contributed by atoms with Gasteiger partial charge >= 0.3 is 11.9 Å². The maximum absolute atomic E-state index is 12.8. The lowest BCUT2D eigenvalue weighted by molar-refractivity contribution is -0.870. The smallest absolute Gasteiger partial charge is 0.306 e. The highest BCUT2D eigenvalue weighted by molar-refractivity contribution is 7.45. The highest BCUT2D eigenvalue weighted by atomic mass is 31.2. The molecule has 0 aliphatic heterocycles. The molecule has 2 atom stereocenters. The minimum atomic E-state index is -4.63. The SMILES string of the molecule is CCCCCCC/C=C\C/C=C\CCCCCCCCCCCCCCCCCCCCCC(=O)OC(COC(=O)CCCCCCCCC/C=C\CCCCCCCC)COP(=O)([O-])OCC[N+](C)(C)C.